The van der Waals surface area contributed by atoms with Gasteiger partial charge in [-0.2, -0.15) is 18.3 Å². The summed E-state index contributed by atoms with van der Waals surface area (Å²) < 4.78 is 46.2. The molecule has 3 rings (SSSR count). The monoisotopic (exact) mass is 509 g/mol. The number of carbonyl (C=O) groups is 1. The maximum Gasteiger partial charge on any atom is 0.436 e. The van der Waals surface area contributed by atoms with Gasteiger partial charge in [0.25, 0.3) is 0 Å². The summed E-state index contributed by atoms with van der Waals surface area (Å²) >= 11 is 9.19. The van der Waals surface area contributed by atoms with Crippen molar-refractivity contribution in [1.29, 1.82) is 0 Å². The van der Waals surface area contributed by atoms with E-state index in [1.165, 1.54) is 0 Å². The summed E-state index contributed by atoms with van der Waals surface area (Å²) in [6.07, 6.45) is -4.72. The Bertz CT molecular complexity index is 929. The van der Waals surface area contributed by atoms with E-state index < -0.39 is 16.9 Å². The number of halogens is 5. The van der Waals surface area contributed by atoms with Crippen LogP contribution in [0.5, 0.6) is 5.75 Å². The van der Waals surface area contributed by atoms with E-state index in [0.717, 1.165) is 14.8 Å². The number of hydrogen-bond donors (Lipinski definition) is 1. The molecule has 1 aliphatic heterocycles. The number of hydrogen-bond acceptors (Lipinski definition) is 5. The fourth-order valence-corrected chi connectivity index (χ4v) is 4.00. The quantitative estimate of drug-likeness (QED) is 0.669. The van der Waals surface area contributed by atoms with Gasteiger partial charge in [0.1, 0.15) is 12.3 Å². The Morgan fingerprint density at radius 1 is 1.30 bits per heavy atom. The largest absolute Gasteiger partial charge is 0.495 e. The van der Waals surface area contributed by atoms with Crippen LogP contribution in [0.15, 0.2) is 22.7 Å². The van der Waals surface area contributed by atoms with Crippen LogP contribution in [-0.4, -0.2) is 53.9 Å². The second-order valence-electron chi connectivity index (χ2n) is 6.66. The molecule has 1 aliphatic rings. The van der Waals surface area contributed by atoms with Gasteiger partial charge >= 0.3 is 6.18 Å². The lowest BCUT2D eigenvalue weighted by atomic mass is 10.2. The average Bonchev–Trinajstić information content (AvgIpc) is 3.03. The summed E-state index contributed by atoms with van der Waals surface area (Å²) in [5.74, 6) is 0.363. The van der Waals surface area contributed by atoms with Crippen molar-refractivity contribution in [2.24, 2.45) is 5.73 Å². The minimum absolute atomic E-state index is 0.0158. The van der Waals surface area contributed by atoms with Crippen molar-refractivity contribution in [2.75, 3.05) is 38.2 Å². The van der Waals surface area contributed by atoms with E-state index in [1.807, 2.05) is 18.2 Å². The zero-order valence-electron chi connectivity index (χ0n) is 16.0. The van der Waals surface area contributed by atoms with Crippen molar-refractivity contribution in [3.05, 3.63) is 39.1 Å². The molecule has 30 heavy (non-hydrogen) atoms. The first-order valence-corrected chi connectivity index (χ1v) is 10.2. The Balaban J connectivity index is 1.66. The fraction of sp³-hybridized carbons (Fsp3) is 0.444. The van der Waals surface area contributed by atoms with Crippen LogP contribution in [0.1, 0.15) is 11.4 Å². The topological polar surface area (TPSA) is 76.6 Å². The predicted octanol–water partition coefficient (Wildman–Crippen LogP) is 3.13. The number of benzene rings is 1. The van der Waals surface area contributed by atoms with Crippen molar-refractivity contribution >= 4 is 39.1 Å². The number of nitrogens with zero attached hydrogens (tertiary/aromatic N) is 4. The van der Waals surface area contributed by atoms with Gasteiger partial charge in [0.2, 0.25) is 5.91 Å². The number of amides is 1. The first-order chi connectivity index (χ1) is 14.2. The molecule has 0 aliphatic carbocycles. The highest BCUT2D eigenvalue weighted by Crippen LogP contribution is 2.35. The predicted molar refractivity (Wildman–Crippen MR) is 110 cm³/mol. The van der Waals surface area contributed by atoms with E-state index in [1.54, 1.807) is 12.0 Å². The third-order valence-electron chi connectivity index (χ3n) is 4.87. The molecule has 1 fully saturated rings. The first-order valence-electron chi connectivity index (χ1n) is 9.04. The third-order valence-corrected chi connectivity index (χ3v) is 5.92. The summed E-state index contributed by atoms with van der Waals surface area (Å²) in [5, 5.41) is 2.92. The van der Waals surface area contributed by atoms with Crippen LogP contribution in [0.2, 0.25) is 5.02 Å². The number of piperazine rings is 1. The fourth-order valence-electron chi connectivity index (χ4n) is 3.27. The Morgan fingerprint density at radius 2 is 1.97 bits per heavy atom. The number of anilines is 1. The van der Waals surface area contributed by atoms with Crippen LogP contribution in [0.3, 0.4) is 0 Å². The maximum absolute atomic E-state index is 13.0. The molecule has 1 amide bonds. The number of aromatic nitrogens is 2. The molecule has 2 aromatic rings. The number of methoxy groups -OCH3 is 1. The van der Waals surface area contributed by atoms with Crippen molar-refractivity contribution in [3.63, 3.8) is 0 Å². The molecule has 0 bridgehead atoms. The number of carbonyl (C=O) groups excluding carboxylic acids is 1. The van der Waals surface area contributed by atoms with Crippen LogP contribution >= 0.6 is 27.5 Å². The average molecular weight is 511 g/mol. The van der Waals surface area contributed by atoms with Crippen molar-refractivity contribution in [1.82, 2.24) is 14.7 Å². The van der Waals surface area contributed by atoms with E-state index in [4.69, 9.17) is 22.1 Å². The lowest BCUT2D eigenvalue weighted by Gasteiger charge is -2.36. The number of ether oxygens (including phenoxy) is 1. The summed E-state index contributed by atoms with van der Waals surface area (Å²) in [6, 6.07) is 5.74. The normalized spacial score (nSPS) is 14.9. The molecule has 0 unspecified atom stereocenters. The zero-order valence-corrected chi connectivity index (χ0v) is 18.4. The Hall–Kier alpha value is -1.98. The van der Waals surface area contributed by atoms with Crippen LogP contribution < -0.4 is 15.4 Å². The van der Waals surface area contributed by atoms with Crippen LogP contribution in [0, 0.1) is 0 Å². The number of nitrogens with two attached hydrogens (primary N) is 1. The number of rotatable bonds is 5. The molecule has 2 N–H and O–H groups in total. The van der Waals surface area contributed by atoms with Crippen LogP contribution in [0.4, 0.5) is 18.9 Å². The standard InChI is InChI=1S/C18H20BrClF3N5O2/c1-30-14-8-11(2-3-12(14)19)26-4-6-27(7-5-26)15(29)10-28-13(9-24)16(20)17(25-28)18(21,22)23/h2-3,8H,4-7,9-10,24H2,1H3. The number of alkyl halides is 3. The highest BCUT2D eigenvalue weighted by atomic mass is 79.9. The minimum Gasteiger partial charge on any atom is -0.495 e. The molecule has 7 nitrogen and oxygen atoms in total. The Kier molecular flexibility index (Phi) is 6.83. The molecule has 1 aromatic carbocycles. The smallest absolute Gasteiger partial charge is 0.436 e. The lowest BCUT2D eigenvalue weighted by molar-refractivity contribution is -0.142. The third kappa shape index (κ3) is 4.68. The van der Waals surface area contributed by atoms with E-state index in [0.29, 0.717) is 31.9 Å². The highest BCUT2D eigenvalue weighted by molar-refractivity contribution is 9.10. The molecule has 2 heterocycles. The molecular formula is C18H20BrClF3N5O2. The van der Waals surface area contributed by atoms with Gasteiger partial charge in [0.05, 0.1) is 22.3 Å². The van der Waals surface area contributed by atoms with Gasteiger partial charge in [-0.15, -0.1) is 0 Å². The van der Waals surface area contributed by atoms with Crippen molar-refractivity contribution in [3.8, 4) is 5.75 Å². The summed E-state index contributed by atoms with van der Waals surface area (Å²) in [5.41, 5.74) is 5.23. The second-order valence-corrected chi connectivity index (χ2v) is 7.89. The first kappa shape index (κ1) is 22.7. The molecule has 0 radical (unpaired) electrons. The molecule has 0 spiro atoms. The van der Waals surface area contributed by atoms with Crippen molar-refractivity contribution < 1.29 is 22.7 Å². The van der Waals surface area contributed by atoms with Gasteiger partial charge in [0, 0.05) is 44.5 Å². The summed E-state index contributed by atoms with van der Waals surface area (Å²) in [7, 11) is 1.59. The van der Waals surface area contributed by atoms with Gasteiger partial charge in [-0.25, -0.2) is 0 Å². The summed E-state index contributed by atoms with van der Waals surface area (Å²) in [4.78, 5) is 16.4. The van der Waals surface area contributed by atoms with Gasteiger partial charge in [0.15, 0.2) is 5.69 Å². The lowest BCUT2D eigenvalue weighted by Crippen LogP contribution is -2.49. The second kappa shape index (κ2) is 9.03. The van der Waals surface area contributed by atoms with E-state index in [9.17, 15) is 18.0 Å². The summed E-state index contributed by atoms with van der Waals surface area (Å²) in [6.45, 7) is 1.40. The van der Waals surface area contributed by atoms with Crippen molar-refractivity contribution in [2.45, 2.75) is 19.3 Å². The van der Waals surface area contributed by atoms with Gasteiger partial charge < -0.3 is 20.3 Å². The molecule has 0 saturated carbocycles. The molecule has 1 saturated heterocycles. The van der Waals surface area contributed by atoms with Gasteiger partial charge in [-0.05, 0) is 28.1 Å². The molecule has 164 valence electrons. The highest BCUT2D eigenvalue weighted by Gasteiger charge is 2.39. The van der Waals surface area contributed by atoms with E-state index in [-0.39, 0.29) is 24.7 Å². The van der Waals surface area contributed by atoms with Crippen LogP contribution in [0.25, 0.3) is 0 Å². The maximum atomic E-state index is 13.0. The Morgan fingerprint density at radius 3 is 2.53 bits per heavy atom. The molecular weight excluding hydrogens is 491 g/mol. The van der Waals surface area contributed by atoms with Crippen LogP contribution in [-0.2, 0) is 24.1 Å². The van der Waals surface area contributed by atoms with Gasteiger partial charge in [-0.1, -0.05) is 11.6 Å². The zero-order chi connectivity index (χ0) is 22.1. The molecule has 12 heteroatoms. The van der Waals surface area contributed by atoms with Gasteiger partial charge in [-0.3, -0.25) is 9.48 Å². The molecule has 1 aromatic heterocycles. The Labute approximate surface area is 184 Å². The van der Waals surface area contributed by atoms with E-state index in [2.05, 4.69) is 25.9 Å². The molecule has 0 atom stereocenters. The van der Waals surface area contributed by atoms with E-state index >= 15 is 0 Å². The SMILES string of the molecule is COc1cc(N2CCN(C(=O)Cn3nc(C(F)(F)F)c(Cl)c3CN)CC2)ccc1Br. The minimum atomic E-state index is -4.72.